The van der Waals surface area contributed by atoms with Crippen LogP contribution < -0.4 is 5.56 Å². The lowest BCUT2D eigenvalue weighted by molar-refractivity contribution is -0.134. The van der Waals surface area contributed by atoms with Crippen molar-refractivity contribution in [3.05, 3.63) is 94.5 Å². The van der Waals surface area contributed by atoms with Gasteiger partial charge in [-0.15, -0.1) is 0 Å². The number of nitrogens with zero attached hydrogens (tertiary/aromatic N) is 5. The van der Waals surface area contributed by atoms with Gasteiger partial charge in [0.05, 0.1) is 22.7 Å². The SMILES string of the molecule is CC[C@H](C(=O)N1CCN(C(=O)c2cn(C)cc3c(=O)n(-c4ccccc4)nc2-3)CC1)c1ccccc1. The molecule has 1 atom stereocenters. The van der Waals surface area contributed by atoms with Crippen LogP contribution in [0.25, 0.3) is 16.9 Å². The molecule has 3 aliphatic rings. The van der Waals surface area contributed by atoms with Crippen LogP contribution in [-0.2, 0) is 11.8 Å². The molecule has 36 heavy (non-hydrogen) atoms. The molecular weight excluding hydrogens is 454 g/mol. The lowest BCUT2D eigenvalue weighted by Crippen LogP contribution is -2.51. The minimum absolute atomic E-state index is 0.0990. The molecule has 0 spiro atoms. The van der Waals surface area contributed by atoms with E-state index in [1.54, 1.807) is 28.9 Å². The van der Waals surface area contributed by atoms with Crippen LogP contribution in [0.3, 0.4) is 0 Å². The van der Waals surface area contributed by atoms with Crippen molar-refractivity contribution >= 4 is 11.8 Å². The monoisotopic (exact) mass is 483 g/mol. The number of aromatic nitrogens is 3. The van der Waals surface area contributed by atoms with Crippen LogP contribution in [0.1, 0.15) is 35.2 Å². The zero-order chi connectivity index (χ0) is 25.2. The molecule has 2 aromatic rings. The molecule has 3 heterocycles. The molecule has 0 unspecified atom stereocenters. The molecule has 1 fully saturated rings. The highest BCUT2D eigenvalue weighted by molar-refractivity contribution is 6.00. The molecule has 0 saturated carbocycles. The van der Waals surface area contributed by atoms with Gasteiger partial charge in [0.1, 0.15) is 5.69 Å². The highest BCUT2D eigenvalue weighted by Gasteiger charge is 2.32. The van der Waals surface area contributed by atoms with E-state index in [2.05, 4.69) is 5.10 Å². The average molecular weight is 484 g/mol. The van der Waals surface area contributed by atoms with Crippen LogP contribution in [0, 0.1) is 0 Å². The van der Waals surface area contributed by atoms with Crippen molar-refractivity contribution < 1.29 is 9.59 Å². The van der Waals surface area contributed by atoms with Crippen molar-refractivity contribution in [2.75, 3.05) is 26.2 Å². The van der Waals surface area contributed by atoms with Crippen molar-refractivity contribution in [1.29, 1.82) is 0 Å². The number of rotatable bonds is 5. The highest BCUT2D eigenvalue weighted by Crippen LogP contribution is 2.25. The minimum Gasteiger partial charge on any atom is -0.356 e. The van der Waals surface area contributed by atoms with Crippen molar-refractivity contribution in [3.63, 3.8) is 0 Å². The molecule has 0 N–H and O–H groups in total. The predicted octanol–water partition coefficient (Wildman–Crippen LogP) is 3.15. The van der Waals surface area contributed by atoms with E-state index in [1.165, 1.54) is 4.68 Å². The van der Waals surface area contributed by atoms with Crippen molar-refractivity contribution in [2.45, 2.75) is 19.3 Å². The molecule has 0 aromatic heterocycles. The van der Waals surface area contributed by atoms with Gasteiger partial charge in [-0.3, -0.25) is 14.4 Å². The van der Waals surface area contributed by atoms with Crippen molar-refractivity contribution in [1.82, 2.24) is 24.1 Å². The molecule has 5 rings (SSSR count). The summed E-state index contributed by atoms with van der Waals surface area (Å²) in [7, 11) is 1.79. The first kappa shape index (κ1) is 23.5. The number of benzene rings is 2. The number of hydrogen-bond donors (Lipinski definition) is 0. The molecule has 2 amide bonds. The number of amides is 2. The number of fused-ring (bicyclic) bond motifs is 1. The Hall–Kier alpha value is -4.20. The van der Waals surface area contributed by atoms with Crippen LogP contribution in [0.15, 0.2) is 77.9 Å². The molecule has 3 aliphatic heterocycles. The third-order valence-electron chi connectivity index (χ3n) is 6.82. The zero-order valence-electron chi connectivity index (χ0n) is 20.5. The number of pyridine rings is 1. The van der Waals surface area contributed by atoms with Gasteiger partial charge in [-0.25, -0.2) is 0 Å². The fourth-order valence-corrected chi connectivity index (χ4v) is 4.90. The van der Waals surface area contributed by atoms with Crippen LogP contribution in [0.4, 0.5) is 0 Å². The summed E-state index contributed by atoms with van der Waals surface area (Å²) in [5, 5.41) is 4.53. The third kappa shape index (κ3) is 4.30. The maximum atomic E-state index is 13.6. The Bertz CT molecular complexity index is 1400. The molecule has 2 aromatic carbocycles. The number of carbonyl (C=O) groups is 2. The molecule has 184 valence electrons. The quantitative estimate of drug-likeness (QED) is 0.437. The van der Waals surface area contributed by atoms with E-state index in [4.69, 9.17) is 0 Å². The molecular formula is C28H29N5O3. The Kier molecular flexibility index (Phi) is 6.41. The molecule has 8 heteroatoms. The van der Waals surface area contributed by atoms with Crippen LogP contribution in [-0.4, -0.2) is 62.1 Å². The first-order chi connectivity index (χ1) is 17.5. The Balaban J connectivity index is 1.36. The summed E-state index contributed by atoms with van der Waals surface area (Å²) >= 11 is 0. The number of piperazine rings is 1. The minimum atomic E-state index is -0.261. The van der Waals surface area contributed by atoms with Crippen LogP contribution in [0.5, 0.6) is 0 Å². The van der Waals surface area contributed by atoms with Gasteiger partial charge >= 0.3 is 0 Å². The predicted molar refractivity (Wildman–Crippen MR) is 137 cm³/mol. The number of para-hydroxylation sites is 1. The van der Waals surface area contributed by atoms with Gasteiger partial charge in [-0.2, -0.15) is 9.78 Å². The van der Waals surface area contributed by atoms with E-state index in [-0.39, 0.29) is 23.3 Å². The maximum Gasteiger partial charge on any atom is 0.282 e. The van der Waals surface area contributed by atoms with Gasteiger partial charge in [0.2, 0.25) is 5.91 Å². The third-order valence-corrected chi connectivity index (χ3v) is 6.82. The summed E-state index contributed by atoms with van der Waals surface area (Å²) in [6, 6.07) is 19.0. The van der Waals surface area contributed by atoms with Gasteiger partial charge in [0.25, 0.3) is 11.5 Å². The van der Waals surface area contributed by atoms with Gasteiger partial charge in [-0.1, -0.05) is 55.5 Å². The molecule has 0 aliphatic carbocycles. The van der Waals surface area contributed by atoms with Crippen molar-refractivity contribution in [3.8, 4) is 16.9 Å². The Morgan fingerprint density at radius 1 is 0.889 bits per heavy atom. The van der Waals surface area contributed by atoms with E-state index in [0.717, 1.165) is 12.0 Å². The largest absolute Gasteiger partial charge is 0.356 e. The number of hydrogen-bond acceptors (Lipinski definition) is 4. The standard InChI is InChI=1S/C28H29N5O3/c1-3-22(20-10-6-4-7-11-20)26(34)31-14-16-32(17-15-31)27(35)23-18-30(2)19-24-25(23)29-33(28(24)36)21-12-8-5-9-13-21/h4-13,18-19,22H,3,14-17H2,1-2H3/t22-/m0/s1. The number of aryl methyl sites for hydroxylation is 1. The van der Waals surface area contributed by atoms with E-state index in [9.17, 15) is 14.4 Å². The van der Waals surface area contributed by atoms with E-state index in [1.807, 2.05) is 72.5 Å². The van der Waals surface area contributed by atoms with Gasteiger partial charge in [-0.05, 0) is 24.1 Å². The second-order valence-electron chi connectivity index (χ2n) is 9.14. The van der Waals surface area contributed by atoms with Gasteiger partial charge < -0.3 is 14.4 Å². The van der Waals surface area contributed by atoms with Crippen LogP contribution in [0.2, 0.25) is 0 Å². The Morgan fingerprint density at radius 3 is 2.14 bits per heavy atom. The second kappa shape index (κ2) is 9.81. The first-order valence-corrected chi connectivity index (χ1v) is 12.3. The van der Waals surface area contributed by atoms with E-state index in [0.29, 0.717) is 48.7 Å². The number of carbonyl (C=O) groups excluding carboxylic acids is 2. The summed E-state index contributed by atoms with van der Waals surface area (Å²) in [4.78, 5) is 43.5. The lowest BCUT2D eigenvalue weighted by Gasteiger charge is -2.36. The van der Waals surface area contributed by atoms with Gasteiger partial charge in [0, 0.05) is 45.6 Å². The molecule has 8 nitrogen and oxygen atoms in total. The summed E-state index contributed by atoms with van der Waals surface area (Å²) in [5.41, 5.74) is 2.58. The fourth-order valence-electron chi connectivity index (χ4n) is 4.90. The topological polar surface area (TPSA) is 80.4 Å². The summed E-state index contributed by atoms with van der Waals surface area (Å²) < 4.78 is 3.06. The normalized spacial score (nSPS) is 14.7. The fraction of sp³-hybridized carbons (Fsp3) is 0.286. The molecule has 0 radical (unpaired) electrons. The smallest absolute Gasteiger partial charge is 0.282 e. The van der Waals surface area contributed by atoms with E-state index < -0.39 is 0 Å². The summed E-state index contributed by atoms with van der Waals surface area (Å²) in [6.07, 6.45) is 4.14. The second-order valence-corrected chi connectivity index (χ2v) is 9.14. The average Bonchev–Trinajstić information content (AvgIpc) is 3.25. The zero-order valence-corrected chi connectivity index (χ0v) is 20.5. The van der Waals surface area contributed by atoms with E-state index >= 15 is 0 Å². The molecule has 1 saturated heterocycles. The maximum absolute atomic E-state index is 13.6. The molecule has 0 bridgehead atoms. The summed E-state index contributed by atoms with van der Waals surface area (Å²) in [6.45, 7) is 3.83. The lowest BCUT2D eigenvalue weighted by atomic mass is 9.94. The van der Waals surface area contributed by atoms with Crippen molar-refractivity contribution in [2.24, 2.45) is 7.05 Å². The Labute approximate surface area is 209 Å². The van der Waals surface area contributed by atoms with Gasteiger partial charge in [0.15, 0.2) is 0 Å². The Morgan fingerprint density at radius 2 is 1.50 bits per heavy atom. The van der Waals surface area contributed by atoms with Crippen LogP contribution >= 0.6 is 0 Å². The first-order valence-electron chi connectivity index (χ1n) is 12.3. The summed E-state index contributed by atoms with van der Waals surface area (Å²) in [5.74, 6) is -0.267. The highest BCUT2D eigenvalue weighted by atomic mass is 16.2.